The average Bonchev–Trinajstić information content (AvgIpc) is 3.28. The first-order valence-electron chi connectivity index (χ1n) is 9.02. The van der Waals surface area contributed by atoms with Gasteiger partial charge in [0.15, 0.2) is 0 Å². The zero-order valence-corrected chi connectivity index (χ0v) is 16.7. The highest BCUT2D eigenvalue weighted by molar-refractivity contribution is 7.09. The lowest BCUT2D eigenvalue weighted by Crippen LogP contribution is -2.49. The van der Waals surface area contributed by atoms with Gasteiger partial charge in [0.05, 0.1) is 12.2 Å². The number of aromatic nitrogens is 1. The fourth-order valence-corrected chi connectivity index (χ4v) is 3.35. The average molecular weight is 374 g/mol. The summed E-state index contributed by atoms with van der Waals surface area (Å²) in [6.07, 6.45) is 2.15. The molecule has 140 valence electrons. The van der Waals surface area contributed by atoms with Gasteiger partial charge in [-0.05, 0) is 58.2 Å². The molecule has 0 radical (unpaired) electrons. The highest BCUT2D eigenvalue weighted by atomic mass is 32.1. The second-order valence-electron chi connectivity index (χ2n) is 7.88. The molecule has 1 aliphatic carbocycles. The monoisotopic (exact) mass is 373 g/mol. The quantitative estimate of drug-likeness (QED) is 0.811. The van der Waals surface area contributed by atoms with Crippen molar-refractivity contribution in [1.82, 2.24) is 15.2 Å². The number of thiazole rings is 1. The van der Waals surface area contributed by atoms with Gasteiger partial charge >= 0.3 is 6.03 Å². The largest absolute Gasteiger partial charge is 0.486 e. The van der Waals surface area contributed by atoms with Gasteiger partial charge < -0.3 is 15.0 Å². The Morgan fingerprint density at radius 3 is 2.81 bits per heavy atom. The highest BCUT2D eigenvalue weighted by Gasteiger charge is 2.34. The number of carbonyl (C=O) groups excluding carboxylic acids is 1. The molecule has 1 aromatic carbocycles. The summed E-state index contributed by atoms with van der Waals surface area (Å²) in [7, 11) is 0. The normalized spacial score (nSPS) is 14.2. The maximum atomic E-state index is 12.6. The van der Waals surface area contributed by atoms with E-state index in [-0.39, 0.29) is 11.6 Å². The molecular formula is C20H27N3O2S. The van der Waals surface area contributed by atoms with Crippen molar-refractivity contribution in [3.8, 4) is 5.75 Å². The fraction of sp³-hybridized carbons (Fsp3) is 0.500. The van der Waals surface area contributed by atoms with Crippen LogP contribution in [0.3, 0.4) is 0 Å². The Labute approximate surface area is 159 Å². The molecule has 1 aromatic heterocycles. The Balaban J connectivity index is 1.58. The lowest BCUT2D eigenvalue weighted by Gasteiger charge is -2.28. The van der Waals surface area contributed by atoms with Crippen LogP contribution in [0, 0.1) is 6.92 Å². The number of ether oxygens (including phenoxy) is 1. The first kappa shape index (κ1) is 18.7. The van der Waals surface area contributed by atoms with Gasteiger partial charge in [-0.1, -0.05) is 12.1 Å². The lowest BCUT2D eigenvalue weighted by molar-refractivity contribution is 0.182. The van der Waals surface area contributed by atoms with E-state index in [1.54, 1.807) is 11.3 Å². The van der Waals surface area contributed by atoms with E-state index in [0.717, 1.165) is 29.3 Å². The SMILES string of the molecule is Cc1cccc(OCc2nc(CN(C(=O)NC(C)(C)C)C3CC3)cs2)c1. The van der Waals surface area contributed by atoms with Crippen molar-refractivity contribution in [3.05, 3.63) is 45.9 Å². The van der Waals surface area contributed by atoms with Gasteiger partial charge in [0.2, 0.25) is 0 Å². The summed E-state index contributed by atoms with van der Waals surface area (Å²) in [5, 5.41) is 6.00. The highest BCUT2D eigenvalue weighted by Crippen LogP contribution is 2.29. The predicted octanol–water partition coefficient (Wildman–Crippen LogP) is 4.50. The molecule has 6 heteroatoms. The molecule has 3 rings (SSSR count). The summed E-state index contributed by atoms with van der Waals surface area (Å²) in [6.45, 7) is 9.04. The summed E-state index contributed by atoms with van der Waals surface area (Å²) >= 11 is 1.58. The summed E-state index contributed by atoms with van der Waals surface area (Å²) < 4.78 is 5.82. The molecule has 1 N–H and O–H groups in total. The van der Waals surface area contributed by atoms with Crippen LogP contribution in [0.4, 0.5) is 4.79 Å². The maximum absolute atomic E-state index is 12.6. The van der Waals surface area contributed by atoms with Gasteiger partial charge in [0.25, 0.3) is 0 Å². The van der Waals surface area contributed by atoms with Crippen LogP contribution in [0.25, 0.3) is 0 Å². The van der Waals surface area contributed by atoms with Crippen molar-refractivity contribution < 1.29 is 9.53 Å². The molecule has 1 fully saturated rings. The van der Waals surface area contributed by atoms with E-state index in [0.29, 0.717) is 19.2 Å². The van der Waals surface area contributed by atoms with Gasteiger partial charge in [-0.25, -0.2) is 9.78 Å². The molecule has 5 nitrogen and oxygen atoms in total. The number of carbonyl (C=O) groups is 1. The molecule has 1 saturated carbocycles. The smallest absolute Gasteiger partial charge is 0.318 e. The summed E-state index contributed by atoms with van der Waals surface area (Å²) in [6, 6.07) is 8.33. The number of benzene rings is 1. The zero-order chi connectivity index (χ0) is 18.7. The molecule has 0 atom stereocenters. The first-order chi connectivity index (χ1) is 12.3. The lowest BCUT2D eigenvalue weighted by atomic mass is 10.1. The number of hydrogen-bond donors (Lipinski definition) is 1. The molecule has 2 amide bonds. The first-order valence-corrected chi connectivity index (χ1v) is 9.90. The Morgan fingerprint density at radius 2 is 2.15 bits per heavy atom. The second kappa shape index (κ2) is 7.66. The molecule has 1 aliphatic rings. The van der Waals surface area contributed by atoms with Gasteiger partial charge in [0, 0.05) is 17.0 Å². The van der Waals surface area contributed by atoms with E-state index in [4.69, 9.17) is 4.74 Å². The third kappa shape index (κ3) is 5.46. The Hall–Kier alpha value is -2.08. The van der Waals surface area contributed by atoms with E-state index >= 15 is 0 Å². The standard InChI is InChI=1S/C20H27N3O2S/c1-14-6-5-7-17(10-14)25-12-18-21-15(13-26-18)11-23(16-8-9-16)19(24)22-20(2,3)4/h5-7,10,13,16H,8-9,11-12H2,1-4H3,(H,22,24). The van der Waals surface area contributed by atoms with E-state index < -0.39 is 0 Å². The Kier molecular flexibility index (Phi) is 5.51. The van der Waals surface area contributed by atoms with E-state index in [2.05, 4.69) is 10.3 Å². The predicted molar refractivity (Wildman–Crippen MR) is 104 cm³/mol. The van der Waals surface area contributed by atoms with E-state index in [1.807, 2.05) is 62.2 Å². The number of nitrogens with one attached hydrogen (secondary N) is 1. The number of hydrogen-bond acceptors (Lipinski definition) is 4. The number of rotatable bonds is 6. The minimum Gasteiger partial charge on any atom is -0.486 e. The topological polar surface area (TPSA) is 54.5 Å². The molecule has 26 heavy (non-hydrogen) atoms. The van der Waals surface area contributed by atoms with Crippen LogP contribution in [0.2, 0.25) is 0 Å². The minimum atomic E-state index is -0.237. The fourth-order valence-electron chi connectivity index (χ4n) is 2.66. The third-order valence-corrected chi connectivity index (χ3v) is 4.89. The second-order valence-corrected chi connectivity index (χ2v) is 8.82. The van der Waals surface area contributed by atoms with Crippen LogP contribution in [-0.2, 0) is 13.2 Å². The molecule has 0 aliphatic heterocycles. The third-order valence-electron chi connectivity index (χ3n) is 4.01. The number of amides is 2. The van der Waals surface area contributed by atoms with Gasteiger partial charge in [0.1, 0.15) is 17.4 Å². The summed E-state index contributed by atoms with van der Waals surface area (Å²) in [4.78, 5) is 19.1. The Morgan fingerprint density at radius 1 is 1.38 bits per heavy atom. The summed E-state index contributed by atoms with van der Waals surface area (Å²) in [5.74, 6) is 0.853. The summed E-state index contributed by atoms with van der Waals surface area (Å²) in [5.41, 5.74) is 1.86. The van der Waals surface area contributed by atoms with Gasteiger partial charge in [-0.2, -0.15) is 0 Å². The van der Waals surface area contributed by atoms with Crippen molar-refractivity contribution in [2.45, 2.75) is 65.3 Å². The molecule has 0 spiro atoms. The number of aryl methyl sites for hydroxylation is 1. The Bertz CT molecular complexity index is 762. The van der Waals surface area contributed by atoms with Gasteiger partial charge in [-0.15, -0.1) is 11.3 Å². The van der Waals surface area contributed by atoms with Crippen molar-refractivity contribution in [3.63, 3.8) is 0 Å². The van der Waals surface area contributed by atoms with E-state index in [9.17, 15) is 4.79 Å². The molecule has 0 saturated heterocycles. The van der Waals surface area contributed by atoms with Crippen LogP contribution >= 0.6 is 11.3 Å². The molecule has 1 heterocycles. The van der Waals surface area contributed by atoms with Crippen molar-refractivity contribution in [2.75, 3.05) is 0 Å². The molecular weight excluding hydrogens is 346 g/mol. The van der Waals surface area contributed by atoms with Crippen LogP contribution in [-0.4, -0.2) is 27.5 Å². The number of nitrogens with zero attached hydrogens (tertiary/aromatic N) is 2. The zero-order valence-electron chi connectivity index (χ0n) is 15.9. The van der Waals surface area contributed by atoms with Gasteiger partial charge in [-0.3, -0.25) is 0 Å². The van der Waals surface area contributed by atoms with Crippen LogP contribution in [0.5, 0.6) is 5.75 Å². The molecule has 2 aromatic rings. The van der Waals surface area contributed by atoms with Crippen LogP contribution in [0.15, 0.2) is 29.6 Å². The van der Waals surface area contributed by atoms with Crippen molar-refractivity contribution in [1.29, 1.82) is 0 Å². The maximum Gasteiger partial charge on any atom is 0.318 e. The minimum absolute atomic E-state index is 0.00874. The van der Waals surface area contributed by atoms with E-state index in [1.165, 1.54) is 5.56 Å². The van der Waals surface area contributed by atoms with Crippen LogP contribution in [0.1, 0.15) is 49.9 Å². The van der Waals surface area contributed by atoms with Crippen molar-refractivity contribution in [2.24, 2.45) is 0 Å². The molecule has 0 unspecified atom stereocenters. The van der Waals surface area contributed by atoms with Crippen molar-refractivity contribution >= 4 is 17.4 Å². The number of urea groups is 1. The van der Waals surface area contributed by atoms with Crippen LogP contribution < -0.4 is 10.1 Å². The molecule has 0 bridgehead atoms.